The molecule has 0 aromatic heterocycles. The van der Waals surface area contributed by atoms with Crippen LogP contribution in [0.2, 0.25) is 0 Å². The zero-order valence-corrected chi connectivity index (χ0v) is 18.3. The van der Waals surface area contributed by atoms with Crippen LogP contribution >= 0.6 is 0 Å². The number of hydrogen-bond acceptors (Lipinski definition) is 0. The second-order valence-corrected chi connectivity index (χ2v) is 8.38. The molecule has 164 valence electrons. The van der Waals surface area contributed by atoms with Gasteiger partial charge in [0.2, 0.25) is 0 Å². The molecule has 0 atom stereocenters. The molecule has 3 heteroatoms. The fourth-order valence-electron chi connectivity index (χ4n) is 4.22. The van der Waals surface area contributed by atoms with Crippen molar-refractivity contribution in [2.24, 2.45) is 0 Å². The lowest BCUT2D eigenvalue weighted by Crippen LogP contribution is -1.91. The van der Waals surface area contributed by atoms with Crippen LogP contribution in [0.4, 0.5) is 13.2 Å². The molecule has 0 radical (unpaired) electrons. The first-order valence-electron chi connectivity index (χ1n) is 11.3. The lowest BCUT2D eigenvalue weighted by molar-refractivity contribution is 0.584. The van der Waals surface area contributed by atoms with Crippen LogP contribution in [0.3, 0.4) is 0 Å². The summed E-state index contributed by atoms with van der Waals surface area (Å²) in [6.45, 7) is 2.21. The normalized spacial score (nSPS) is 11.2. The predicted molar refractivity (Wildman–Crippen MR) is 127 cm³/mol. The Morgan fingerprint density at radius 1 is 0.594 bits per heavy atom. The lowest BCUT2D eigenvalue weighted by atomic mass is 9.96. The molecule has 0 amide bonds. The molecule has 0 spiro atoms. The number of rotatable bonds is 8. The van der Waals surface area contributed by atoms with E-state index in [0.29, 0.717) is 22.1 Å². The minimum Gasteiger partial charge on any atom is -0.207 e. The molecule has 0 bridgehead atoms. The maximum absolute atomic E-state index is 15.3. The Morgan fingerprint density at radius 2 is 1.28 bits per heavy atom. The highest BCUT2D eigenvalue weighted by molar-refractivity contribution is 5.89. The molecule has 0 saturated heterocycles. The molecule has 0 unspecified atom stereocenters. The minimum absolute atomic E-state index is 0.249. The molecular weight excluding hydrogens is 405 g/mol. The molecule has 0 fully saturated rings. The van der Waals surface area contributed by atoms with Crippen molar-refractivity contribution >= 4 is 10.8 Å². The summed E-state index contributed by atoms with van der Waals surface area (Å²) in [7, 11) is 0. The van der Waals surface area contributed by atoms with Crippen molar-refractivity contribution in [3.8, 4) is 22.3 Å². The van der Waals surface area contributed by atoms with Crippen LogP contribution in [0.25, 0.3) is 33.0 Å². The maximum Gasteiger partial charge on any atom is 0.138 e. The van der Waals surface area contributed by atoms with E-state index in [1.54, 1.807) is 30.3 Å². The molecule has 0 saturated carbocycles. The largest absolute Gasteiger partial charge is 0.207 e. The Morgan fingerprint density at radius 3 is 2.00 bits per heavy atom. The number of benzene rings is 4. The molecule has 4 aromatic rings. The second kappa shape index (κ2) is 10.0. The molecule has 4 aromatic carbocycles. The number of unbranched alkanes of at least 4 members (excludes halogenated alkanes) is 4. The van der Waals surface area contributed by atoms with Gasteiger partial charge in [-0.3, -0.25) is 0 Å². The van der Waals surface area contributed by atoms with Crippen LogP contribution in [0, 0.1) is 17.5 Å². The molecule has 32 heavy (non-hydrogen) atoms. The van der Waals surface area contributed by atoms with Gasteiger partial charge < -0.3 is 0 Å². The highest BCUT2D eigenvalue weighted by atomic mass is 19.1. The first-order valence-corrected chi connectivity index (χ1v) is 11.3. The Bertz CT molecular complexity index is 1190. The summed E-state index contributed by atoms with van der Waals surface area (Å²) in [5.41, 5.74) is 3.62. The number of fused-ring (bicyclic) bond motifs is 1. The average Bonchev–Trinajstić information content (AvgIpc) is 2.79. The first kappa shape index (κ1) is 22.1. The van der Waals surface area contributed by atoms with Gasteiger partial charge in [0.1, 0.15) is 17.5 Å². The average molecular weight is 433 g/mol. The third-order valence-electron chi connectivity index (χ3n) is 5.98. The van der Waals surface area contributed by atoms with Crippen LogP contribution in [0.15, 0.2) is 72.8 Å². The van der Waals surface area contributed by atoms with Gasteiger partial charge >= 0.3 is 0 Å². The zero-order valence-electron chi connectivity index (χ0n) is 18.3. The van der Waals surface area contributed by atoms with Crippen molar-refractivity contribution in [2.75, 3.05) is 0 Å². The van der Waals surface area contributed by atoms with E-state index in [-0.39, 0.29) is 5.82 Å². The van der Waals surface area contributed by atoms with Crippen molar-refractivity contribution in [1.29, 1.82) is 0 Å². The summed E-state index contributed by atoms with van der Waals surface area (Å²) in [6.07, 6.45) is 7.21. The van der Waals surface area contributed by atoms with E-state index >= 15 is 4.39 Å². The Hall–Kier alpha value is -3.07. The standard InChI is InChI=1S/C29H27F3/c1-2-3-4-5-6-7-20-8-14-28-23(16-20)13-15-27(29(28)32)22-11-9-21(10-12-22)24-17-25(30)19-26(31)18-24/h8-19H,2-7H2,1H3. The molecule has 0 aliphatic heterocycles. The van der Waals surface area contributed by atoms with Crippen molar-refractivity contribution < 1.29 is 13.2 Å². The molecule has 0 nitrogen and oxygen atoms in total. The van der Waals surface area contributed by atoms with Gasteiger partial charge in [-0.15, -0.1) is 0 Å². The van der Waals surface area contributed by atoms with Gasteiger partial charge in [0.15, 0.2) is 0 Å². The molecule has 0 aliphatic carbocycles. The lowest BCUT2D eigenvalue weighted by Gasteiger charge is -2.10. The summed E-state index contributed by atoms with van der Waals surface area (Å²) in [5, 5.41) is 1.51. The first-order chi connectivity index (χ1) is 15.5. The Labute approximate surface area is 187 Å². The van der Waals surface area contributed by atoms with E-state index in [2.05, 4.69) is 13.0 Å². The van der Waals surface area contributed by atoms with Gasteiger partial charge in [-0.2, -0.15) is 0 Å². The van der Waals surface area contributed by atoms with Gasteiger partial charge in [-0.25, -0.2) is 13.2 Å². The molecule has 0 heterocycles. The highest BCUT2D eigenvalue weighted by Gasteiger charge is 2.11. The van der Waals surface area contributed by atoms with Crippen LogP contribution in [0.5, 0.6) is 0 Å². The summed E-state index contributed by atoms with van der Waals surface area (Å²) >= 11 is 0. The summed E-state index contributed by atoms with van der Waals surface area (Å²) in [5.74, 6) is -1.49. The maximum atomic E-state index is 15.3. The van der Waals surface area contributed by atoms with Gasteiger partial charge in [0.25, 0.3) is 0 Å². The fourth-order valence-corrected chi connectivity index (χ4v) is 4.22. The van der Waals surface area contributed by atoms with Crippen LogP contribution in [-0.2, 0) is 6.42 Å². The van der Waals surface area contributed by atoms with Crippen molar-refractivity contribution in [3.63, 3.8) is 0 Å². The fraction of sp³-hybridized carbons (Fsp3) is 0.241. The van der Waals surface area contributed by atoms with Gasteiger partial charge in [-0.05, 0) is 52.6 Å². The number of aryl methyl sites for hydroxylation is 1. The van der Waals surface area contributed by atoms with Crippen LogP contribution in [0.1, 0.15) is 44.6 Å². The minimum atomic E-state index is -0.620. The van der Waals surface area contributed by atoms with E-state index < -0.39 is 11.6 Å². The van der Waals surface area contributed by atoms with E-state index in [1.807, 2.05) is 18.2 Å². The Kier molecular flexibility index (Phi) is 6.94. The summed E-state index contributed by atoms with van der Waals surface area (Å²) in [6, 6.07) is 20.3. The molecular formula is C29H27F3. The molecule has 4 rings (SSSR count). The van der Waals surface area contributed by atoms with Gasteiger partial charge in [0.05, 0.1) is 0 Å². The third kappa shape index (κ3) is 5.04. The van der Waals surface area contributed by atoms with Gasteiger partial charge in [0, 0.05) is 17.0 Å². The SMILES string of the molecule is CCCCCCCc1ccc2c(F)c(-c3ccc(-c4cc(F)cc(F)c4)cc3)ccc2c1. The van der Waals surface area contributed by atoms with E-state index in [1.165, 1.54) is 43.4 Å². The summed E-state index contributed by atoms with van der Waals surface area (Å²) in [4.78, 5) is 0. The van der Waals surface area contributed by atoms with E-state index in [9.17, 15) is 8.78 Å². The number of halogens is 3. The van der Waals surface area contributed by atoms with Crippen LogP contribution < -0.4 is 0 Å². The quantitative estimate of drug-likeness (QED) is 0.244. The smallest absolute Gasteiger partial charge is 0.138 e. The molecule has 0 aliphatic rings. The number of hydrogen-bond donors (Lipinski definition) is 0. The zero-order chi connectivity index (χ0) is 22.5. The Balaban J connectivity index is 1.55. The predicted octanol–water partition coefficient (Wildman–Crippen LogP) is 9.10. The van der Waals surface area contributed by atoms with Crippen LogP contribution in [-0.4, -0.2) is 0 Å². The molecule has 0 N–H and O–H groups in total. The van der Waals surface area contributed by atoms with Crippen molar-refractivity contribution in [2.45, 2.75) is 45.4 Å². The van der Waals surface area contributed by atoms with Gasteiger partial charge in [-0.1, -0.05) is 87.2 Å². The van der Waals surface area contributed by atoms with Crippen molar-refractivity contribution in [3.05, 3.63) is 95.8 Å². The monoisotopic (exact) mass is 432 g/mol. The van der Waals surface area contributed by atoms with Crippen molar-refractivity contribution in [1.82, 2.24) is 0 Å². The topological polar surface area (TPSA) is 0 Å². The second-order valence-electron chi connectivity index (χ2n) is 8.38. The summed E-state index contributed by atoms with van der Waals surface area (Å²) < 4.78 is 42.3. The van der Waals surface area contributed by atoms with E-state index in [4.69, 9.17) is 0 Å². The highest BCUT2D eigenvalue weighted by Crippen LogP contribution is 2.31. The van der Waals surface area contributed by atoms with E-state index in [0.717, 1.165) is 29.9 Å². The third-order valence-corrected chi connectivity index (χ3v) is 5.98.